The summed E-state index contributed by atoms with van der Waals surface area (Å²) in [6.45, 7) is 0. The van der Waals surface area contributed by atoms with E-state index in [-0.39, 0.29) is 0 Å². The molecule has 2 heteroatoms. The fourth-order valence-corrected chi connectivity index (χ4v) is 8.41. The highest BCUT2D eigenvalue weighted by atomic mass is 15.2. The van der Waals surface area contributed by atoms with Crippen LogP contribution in [0.25, 0.3) is 72.0 Å². The highest BCUT2D eigenvalue weighted by Gasteiger charge is 2.25. The largest absolute Gasteiger partial charge is 0.309 e. The van der Waals surface area contributed by atoms with E-state index in [1.54, 1.807) is 0 Å². The number of aromatic nitrogens is 1. The monoisotopic (exact) mass is 714 g/mol. The lowest BCUT2D eigenvalue weighted by Crippen LogP contribution is -2.12. The van der Waals surface area contributed by atoms with Crippen LogP contribution in [-0.2, 0) is 0 Å². The minimum atomic E-state index is 1.09. The number of para-hydroxylation sites is 3. The van der Waals surface area contributed by atoms with Crippen molar-refractivity contribution >= 4 is 38.9 Å². The van der Waals surface area contributed by atoms with Crippen LogP contribution in [0.2, 0.25) is 0 Å². The molecule has 264 valence electrons. The van der Waals surface area contributed by atoms with Gasteiger partial charge in [0.25, 0.3) is 0 Å². The van der Waals surface area contributed by atoms with Crippen molar-refractivity contribution in [2.75, 3.05) is 4.90 Å². The third-order valence-electron chi connectivity index (χ3n) is 10.8. The number of nitrogens with zero attached hydrogens (tertiary/aromatic N) is 2. The average molecular weight is 715 g/mol. The number of hydrogen-bond acceptors (Lipinski definition) is 1. The zero-order valence-electron chi connectivity index (χ0n) is 30.8. The van der Waals surface area contributed by atoms with Crippen LogP contribution in [0.4, 0.5) is 17.1 Å². The SMILES string of the molecule is c1ccc(-c2ccccc2-c2ccccc2-n2c3ccccc3c3c(N(c4ccccc4)c4cccc(-c5ccccc5)c4-c4ccccc4)cccc32)cc1. The Morgan fingerprint density at radius 3 is 1.50 bits per heavy atom. The van der Waals surface area contributed by atoms with E-state index < -0.39 is 0 Å². The lowest BCUT2D eigenvalue weighted by Gasteiger charge is -2.30. The maximum atomic E-state index is 2.47. The van der Waals surface area contributed by atoms with Crippen LogP contribution in [0.15, 0.2) is 231 Å². The fraction of sp³-hybridized carbons (Fsp3) is 0. The quantitative estimate of drug-likeness (QED) is 0.152. The Morgan fingerprint density at radius 1 is 0.304 bits per heavy atom. The molecule has 1 aromatic heterocycles. The van der Waals surface area contributed by atoms with Crippen molar-refractivity contribution in [1.82, 2.24) is 4.57 Å². The van der Waals surface area contributed by atoms with E-state index >= 15 is 0 Å². The third kappa shape index (κ3) is 5.76. The van der Waals surface area contributed by atoms with Crippen molar-refractivity contribution in [3.63, 3.8) is 0 Å². The van der Waals surface area contributed by atoms with E-state index in [2.05, 4.69) is 240 Å². The van der Waals surface area contributed by atoms with E-state index in [0.29, 0.717) is 0 Å². The van der Waals surface area contributed by atoms with Crippen LogP contribution in [-0.4, -0.2) is 4.57 Å². The summed E-state index contributed by atoms with van der Waals surface area (Å²) < 4.78 is 2.47. The van der Waals surface area contributed by atoms with Crippen molar-refractivity contribution in [2.45, 2.75) is 0 Å². The molecule has 10 aromatic rings. The molecule has 2 nitrogen and oxygen atoms in total. The van der Waals surface area contributed by atoms with Crippen molar-refractivity contribution in [2.24, 2.45) is 0 Å². The first-order valence-electron chi connectivity index (χ1n) is 19.2. The van der Waals surface area contributed by atoms with Gasteiger partial charge in [-0.1, -0.05) is 188 Å². The van der Waals surface area contributed by atoms with Crippen LogP contribution >= 0.6 is 0 Å². The van der Waals surface area contributed by atoms with Crippen LogP contribution in [0.5, 0.6) is 0 Å². The van der Waals surface area contributed by atoms with Gasteiger partial charge in [-0.15, -0.1) is 0 Å². The first-order chi connectivity index (χ1) is 27.8. The Hall–Kier alpha value is -7.42. The summed E-state index contributed by atoms with van der Waals surface area (Å²) in [5.74, 6) is 0. The van der Waals surface area contributed by atoms with Gasteiger partial charge in [-0.05, 0) is 75.8 Å². The van der Waals surface area contributed by atoms with Gasteiger partial charge in [0.15, 0.2) is 0 Å². The molecule has 9 aromatic carbocycles. The van der Waals surface area contributed by atoms with Crippen LogP contribution in [0.3, 0.4) is 0 Å². The smallest absolute Gasteiger partial charge is 0.0562 e. The highest BCUT2D eigenvalue weighted by molar-refractivity contribution is 6.17. The predicted molar refractivity (Wildman–Crippen MR) is 237 cm³/mol. The number of fused-ring (bicyclic) bond motifs is 3. The lowest BCUT2D eigenvalue weighted by molar-refractivity contribution is 1.18. The van der Waals surface area contributed by atoms with Gasteiger partial charge in [-0.25, -0.2) is 0 Å². The molecule has 1 heterocycles. The summed E-state index contributed by atoms with van der Waals surface area (Å²) in [5, 5.41) is 2.40. The maximum Gasteiger partial charge on any atom is 0.0562 e. The van der Waals surface area contributed by atoms with E-state index in [0.717, 1.165) is 33.8 Å². The molecule has 0 atom stereocenters. The number of benzene rings is 9. The minimum Gasteiger partial charge on any atom is -0.309 e. The molecule has 0 fully saturated rings. The van der Waals surface area contributed by atoms with Gasteiger partial charge >= 0.3 is 0 Å². The second-order valence-electron chi connectivity index (χ2n) is 14.1. The summed E-state index contributed by atoms with van der Waals surface area (Å²) >= 11 is 0. The fourth-order valence-electron chi connectivity index (χ4n) is 8.41. The zero-order valence-corrected chi connectivity index (χ0v) is 30.8. The van der Waals surface area contributed by atoms with E-state index in [9.17, 15) is 0 Å². The normalized spacial score (nSPS) is 11.2. The Labute approximate surface area is 327 Å². The predicted octanol–water partition coefficient (Wildman–Crippen LogP) is 14.9. The highest BCUT2D eigenvalue weighted by Crippen LogP contribution is 2.49. The number of rotatable bonds is 8. The summed E-state index contributed by atoms with van der Waals surface area (Å²) in [7, 11) is 0. The zero-order chi connectivity index (χ0) is 37.3. The topological polar surface area (TPSA) is 8.17 Å². The standard InChI is InChI=1S/C54H38N2/c1-5-21-39(22-6-1)43-29-13-14-30-45(43)46-31-15-17-34-48(46)56-49-35-18-16-32-47(49)54-51(37-20-38-52(54)56)55(42-27-11-4-12-28-42)50-36-19-33-44(40-23-7-2-8-24-40)53(50)41-25-9-3-10-26-41/h1-38H. The molecule has 0 amide bonds. The Balaban J connectivity index is 1.27. The Kier molecular flexibility index (Phi) is 8.55. The number of anilines is 3. The first kappa shape index (κ1) is 33.2. The Bertz CT molecular complexity index is 2950. The summed E-state index contributed by atoms with van der Waals surface area (Å²) in [5.41, 5.74) is 16.3. The van der Waals surface area contributed by atoms with Gasteiger partial charge in [-0.2, -0.15) is 0 Å². The molecule has 0 aliphatic rings. The Morgan fingerprint density at radius 2 is 0.786 bits per heavy atom. The molecule has 0 N–H and O–H groups in total. The summed E-state index contributed by atoms with van der Waals surface area (Å²) in [4.78, 5) is 2.46. The first-order valence-corrected chi connectivity index (χ1v) is 19.2. The van der Waals surface area contributed by atoms with Gasteiger partial charge in [0, 0.05) is 27.6 Å². The van der Waals surface area contributed by atoms with Crippen LogP contribution in [0, 0.1) is 0 Å². The van der Waals surface area contributed by atoms with E-state index in [1.165, 1.54) is 55.3 Å². The molecule has 0 unspecified atom stereocenters. The molecular formula is C54H38N2. The van der Waals surface area contributed by atoms with Crippen LogP contribution in [0.1, 0.15) is 0 Å². The number of hydrogen-bond donors (Lipinski definition) is 0. The molecule has 0 saturated carbocycles. The van der Waals surface area contributed by atoms with Crippen molar-refractivity contribution in [3.05, 3.63) is 231 Å². The molecular weight excluding hydrogens is 677 g/mol. The van der Waals surface area contributed by atoms with Gasteiger partial charge in [0.2, 0.25) is 0 Å². The van der Waals surface area contributed by atoms with Crippen molar-refractivity contribution < 1.29 is 0 Å². The second-order valence-corrected chi connectivity index (χ2v) is 14.1. The lowest BCUT2D eigenvalue weighted by atomic mass is 9.92. The minimum absolute atomic E-state index is 1.09. The van der Waals surface area contributed by atoms with Gasteiger partial charge in [0.1, 0.15) is 0 Å². The molecule has 0 saturated heterocycles. The molecule has 0 aliphatic heterocycles. The van der Waals surface area contributed by atoms with Gasteiger partial charge in [0.05, 0.1) is 28.1 Å². The summed E-state index contributed by atoms with van der Waals surface area (Å²) in [6.07, 6.45) is 0. The van der Waals surface area contributed by atoms with Crippen molar-refractivity contribution in [1.29, 1.82) is 0 Å². The third-order valence-corrected chi connectivity index (χ3v) is 10.8. The molecule has 56 heavy (non-hydrogen) atoms. The van der Waals surface area contributed by atoms with Gasteiger partial charge in [-0.3, -0.25) is 0 Å². The maximum absolute atomic E-state index is 2.47. The van der Waals surface area contributed by atoms with Crippen LogP contribution < -0.4 is 4.90 Å². The second kappa shape index (κ2) is 14.4. The van der Waals surface area contributed by atoms with Gasteiger partial charge < -0.3 is 9.47 Å². The molecule has 0 aliphatic carbocycles. The molecule has 10 rings (SSSR count). The average Bonchev–Trinajstić information content (AvgIpc) is 3.62. The van der Waals surface area contributed by atoms with E-state index in [1.807, 2.05) is 0 Å². The molecule has 0 radical (unpaired) electrons. The van der Waals surface area contributed by atoms with Crippen molar-refractivity contribution in [3.8, 4) is 50.2 Å². The van der Waals surface area contributed by atoms with E-state index in [4.69, 9.17) is 0 Å². The summed E-state index contributed by atoms with van der Waals surface area (Å²) in [6, 6.07) is 83.0. The molecule has 0 bridgehead atoms. The molecule has 0 spiro atoms.